The van der Waals surface area contributed by atoms with Crippen molar-refractivity contribution in [3.63, 3.8) is 0 Å². The Morgan fingerprint density at radius 3 is 3.09 bits per heavy atom. The summed E-state index contributed by atoms with van der Waals surface area (Å²) in [4.78, 5) is 17.7. The molecule has 0 saturated heterocycles. The molecular weight excluding hydrogens is 140 g/mol. The number of nitrogens with zero attached hydrogens (tertiary/aromatic N) is 1. The highest BCUT2D eigenvalue weighted by Crippen LogP contribution is 1.93. The lowest BCUT2D eigenvalue weighted by molar-refractivity contribution is 1.19. The highest BCUT2D eigenvalue weighted by atomic mass is 16.1. The van der Waals surface area contributed by atoms with Crippen LogP contribution in [0.3, 0.4) is 0 Å². The van der Waals surface area contributed by atoms with Crippen molar-refractivity contribution in [2.24, 2.45) is 0 Å². The minimum atomic E-state index is -0.161. The molecule has 2 rings (SSSR count). The average Bonchev–Trinajstić information content (AvgIpc) is 2.01. The number of rotatable bonds is 0. The van der Waals surface area contributed by atoms with Crippen molar-refractivity contribution in [3.05, 3.63) is 33.8 Å². The standard InChI is InChI=1S/C8H6N2O/c1-5-6-3-2-4-7(9-6)10-8(5)11/h2-4H,1H2,(H,9,10,11). The van der Waals surface area contributed by atoms with Gasteiger partial charge in [-0.2, -0.15) is 0 Å². The molecule has 0 aliphatic heterocycles. The first-order valence-electron chi connectivity index (χ1n) is 3.25. The maximum absolute atomic E-state index is 11.0. The zero-order valence-electron chi connectivity index (χ0n) is 5.79. The topological polar surface area (TPSA) is 45.8 Å². The Morgan fingerprint density at radius 2 is 2.27 bits per heavy atom. The summed E-state index contributed by atoms with van der Waals surface area (Å²) in [5.74, 6) is 0. The number of hydrogen-bond acceptors (Lipinski definition) is 2. The molecule has 11 heavy (non-hydrogen) atoms. The third-order valence-corrected chi connectivity index (χ3v) is 1.57. The molecule has 0 unspecified atom stereocenters. The average molecular weight is 146 g/mol. The number of fused-ring (bicyclic) bond motifs is 2. The lowest BCUT2D eigenvalue weighted by Crippen LogP contribution is -2.27. The zero-order chi connectivity index (χ0) is 7.84. The van der Waals surface area contributed by atoms with E-state index in [0.29, 0.717) is 16.4 Å². The van der Waals surface area contributed by atoms with Crippen LogP contribution in [0.15, 0.2) is 23.0 Å². The normalized spacial score (nSPS) is 10.5. The summed E-state index contributed by atoms with van der Waals surface area (Å²) < 4.78 is 0. The van der Waals surface area contributed by atoms with Gasteiger partial charge in [-0.3, -0.25) is 4.79 Å². The van der Waals surface area contributed by atoms with Crippen LogP contribution in [0.5, 0.6) is 0 Å². The van der Waals surface area contributed by atoms with Gasteiger partial charge in [0.25, 0.3) is 5.56 Å². The molecule has 0 fully saturated rings. The van der Waals surface area contributed by atoms with Crippen LogP contribution in [0.1, 0.15) is 0 Å². The Hall–Kier alpha value is -1.64. The fourth-order valence-electron chi connectivity index (χ4n) is 0.980. The quantitative estimate of drug-likeness (QED) is 0.571. The number of aromatic amines is 1. The molecule has 0 radical (unpaired) electrons. The fourth-order valence-corrected chi connectivity index (χ4v) is 0.980. The molecule has 0 saturated carbocycles. The lowest BCUT2D eigenvalue weighted by Gasteiger charge is -1.93. The molecule has 3 heteroatoms. The van der Waals surface area contributed by atoms with Gasteiger partial charge in [0.2, 0.25) is 0 Å². The highest BCUT2D eigenvalue weighted by molar-refractivity contribution is 5.54. The molecule has 3 nitrogen and oxygen atoms in total. The minimum absolute atomic E-state index is 0.161. The molecule has 2 heterocycles. The van der Waals surface area contributed by atoms with Gasteiger partial charge in [0.1, 0.15) is 5.65 Å². The van der Waals surface area contributed by atoms with Crippen LogP contribution < -0.4 is 10.8 Å². The number of aromatic nitrogens is 2. The van der Waals surface area contributed by atoms with Gasteiger partial charge in [-0.1, -0.05) is 12.6 Å². The Morgan fingerprint density at radius 1 is 1.45 bits per heavy atom. The molecule has 0 atom stereocenters. The number of H-pyrrole nitrogens is 1. The van der Waals surface area contributed by atoms with Gasteiger partial charge < -0.3 is 4.98 Å². The van der Waals surface area contributed by atoms with Crippen LogP contribution in [-0.4, -0.2) is 9.97 Å². The van der Waals surface area contributed by atoms with Crippen molar-refractivity contribution in [3.8, 4) is 0 Å². The molecule has 54 valence electrons. The summed E-state index contributed by atoms with van der Waals surface area (Å²) in [7, 11) is 0. The van der Waals surface area contributed by atoms with E-state index in [-0.39, 0.29) is 5.56 Å². The summed E-state index contributed by atoms with van der Waals surface area (Å²) in [6.07, 6.45) is 0. The summed E-state index contributed by atoms with van der Waals surface area (Å²) >= 11 is 0. The third-order valence-electron chi connectivity index (χ3n) is 1.57. The second-order valence-corrected chi connectivity index (χ2v) is 2.34. The predicted octanol–water partition coefficient (Wildman–Crippen LogP) is 0.0523. The summed E-state index contributed by atoms with van der Waals surface area (Å²) in [6, 6.07) is 5.35. The molecule has 2 bridgehead atoms. The molecule has 0 aromatic carbocycles. The van der Waals surface area contributed by atoms with E-state index in [0.717, 1.165) is 0 Å². The lowest BCUT2D eigenvalue weighted by atomic mass is 10.3. The smallest absolute Gasteiger partial charge is 0.258 e. The van der Waals surface area contributed by atoms with Gasteiger partial charge in [0.15, 0.2) is 0 Å². The van der Waals surface area contributed by atoms with Gasteiger partial charge in [0.05, 0.1) is 10.7 Å². The number of pyridine rings is 1. The largest absolute Gasteiger partial charge is 0.306 e. The second kappa shape index (κ2) is 1.92. The first-order valence-corrected chi connectivity index (χ1v) is 3.25. The molecule has 2 aromatic heterocycles. The van der Waals surface area contributed by atoms with E-state index in [1.807, 2.05) is 6.07 Å². The Bertz CT molecular complexity index is 486. The van der Waals surface area contributed by atoms with Crippen molar-refractivity contribution in [2.75, 3.05) is 0 Å². The molecule has 0 aliphatic rings. The van der Waals surface area contributed by atoms with E-state index in [1.165, 1.54) is 0 Å². The van der Waals surface area contributed by atoms with Gasteiger partial charge in [-0.05, 0) is 12.1 Å². The molecule has 0 spiro atoms. The van der Waals surface area contributed by atoms with Crippen molar-refractivity contribution >= 4 is 17.7 Å². The van der Waals surface area contributed by atoms with E-state index in [2.05, 4.69) is 16.5 Å². The summed E-state index contributed by atoms with van der Waals surface area (Å²) in [6.45, 7) is 3.59. The Kier molecular flexibility index (Phi) is 1.06. The van der Waals surface area contributed by atoms with Crippen molar-refractivity contribution in [1.82, 2.24) is 9.97 Å². The van der Waals surface area contributed by atoms with Crippen LogP contribution >= 0.6 is 0 Å². The Balaban J connectivity index is 3.17. The van der Waals surface area contributed by atoms with Crippen molar-refractivity contribution in [1.29, 1.82) is 0 Å². The van der Waals surface area contributed by atoms with E-state index >= 15 is 0 Å². The molecule has 0 amide bonds. The van der Waals surface area contributed by atoms with E-state index in [9.17, 15) is 4.79 Å². The van der Waals surface area contributed by atoms with E-state index < -0.39 is 0 Å². The van der Waals surface area contributed by atoms with Gasteiger partial charge >= 0.3 is 0 Å². The van der Waals surface area contributed by atoms with E-state index in [4.69, 9.17) is 0 Å². The fraction of sp³-hybridized carbons (Fsp3) is 0. The minimum Gasteiger partial charge on any atom is -0.306 e. The zero-order valence-corrected chi connectivity index (χ0v) is 5.79. The van der Waals surface area contributed by atoms with Crippen molar-refractivity contribution in [2.45, 2.75) is 0 Å². The first kappa shape index (κ1) is 6.09. The van der Waals surface area contributed by atoms with Crippen LogP contribution in [-0.2, 0) is 0 Å². The molecule has 1 N–H and O–H groups in total. The van der Waals surface area contributed by atoms with Gasteiger partial charge in [-0.25, -0.2) is 4.98 Å². The van der Waals surface area contributed by atoms with Gasteiger partial charge in [-0.15, -0.1) is 0 Å². The van der Waals surface area contributed by atoms with Crippen LogP contribution in [0, 0.1) is 0 Å². The predicted molar refractivity (Wildman–Crippen MR) is 43.1 cm³/mol. The van der Waals surface area contributed by atoms with Crippen LogP contribution in [0.4, 0.5) is 0 Å². The molecular formula is C8H6N2O. The van der Waals surface area contributed by atoms with E-state index in [1.54, 1.807) is 12.1 Å². The molecule has 2 aromatic rings. The summed E-state index contributed by atoms with van der Waals surface area (Å²) in [5, 5.41) is 0.429. The van der Waals surface area contributed by atoms with Crippen LogP contribution in [0.2, 0.25) is 0 Å². The second-order valence-electron chi connectivity index (χ2n) is 2.34. The monoisotopic (exact) mass is 146 g/mol. The maximum Gasteiger partial charge on any atom is 0.258 e. The van der Waals surface area contributed by atoms with Crippen molar-refractivity contribution < 1.29 is 0 Å². The van der Waals surface area contributed by atoms with Gasteiger partial charge in [0, 0.05) is 0 Å². The van der Waals surface area contributed by atoms with Crippen LogP contribution in [0.25, 0.3) is 17.7 Å². The maximum atomic E-state index is 11.0. The third kappa shape index (κ3) is 0.816. The molecule has 0 aliphatic carbocycles. The number of nitrogens with one attached hydrogen (secondary N) is 1. The Labute approximate surface area is 62.4 Å². The first-order chi connectivity index (χ1) is 5.27. The highest BCUT2D eigenvalue weighted by Gasteiger charge is 1.94. The SMILES string of the molecule is C=c1c(=O)[nH]c2cccc1n2. The summed E-state index contributed by atoms with van der Waals surface area (Å²) in [5.41, 5.74) is 1.09. The number of hydrogen-bond donors (Lipinski definition) is 1.